The molecule has 57 heavy (non-hydrogen) atoms. The maximum atomic E-state index is 15.6. The Balaban J connectivity index is 1.19. The predicted octanol–water partition coefficient (Wildman–Crippen LogP) is 7.82. The number of hydrogen-bond acceptors (Lipinski definition) is 8. The first-order chi connectivity index (χ1) is 27.5. The molecule has 10 nitrogen and oxygen atoms in total. The number of aromatic nitrogens is 5. The first-order valence-electron chi connectivity index (χ1n) is 18.4. The highest BCUT2D eigenvalue weighted by Gasteiger charge is 2.41. The van der Waals surface area contributed by atoms with Crippen molar-refractivity contribution in [3.8, 4) is 16.9 Å². The monoisotopic (exact) mass is 778 g/mol. The van der Waals surface area contributed by atoms with Crippen LogP contribution in [0.2, 0.25) is 0 Å². The summed E-state index contributed by atoms with van der Waals surface area (Å²) in [6.07, 6.45) is 2.93. The highest BCUT2D eigenvalue weighted by molar-refractivity contribution is 5.97. The highest BCUT2D eigenvalue weighted by Crippen LogP contribution is 2.38. The number of Topliss-reactive ketones (excluding diaryl/α,β-unsaturated/α-hetero) is 1. The molecule has 1 amide bonds. The van der Waals surface area contributed by atoms with Crippen LogP contribution >= 0.6 is 0 Å². The van der Waals surface area contributed by atoms with Gasteiger partial charge in [0.15, 0.2) is 11.5 Å². The molecule has 0 unspecified atom stereocenters. The van der Waals surface area contributed by atoms with Crippen molar-refractivity contribution >= 4 is 11.7 Å². The van der Waals surface area contributed by atoms with E-state index in [9.17, 15) is 18.4 Å². The van der Waals surface area contributed by atoms with Crippen LogP contribution in [0.1, 0.15) is 75.1 Å². The molecule has 4 aromatic heterocycles. The molecule has 0 aliphatic heterocycles. The molecule has 292 valence electrons. The fourth-order valence-corrected chi connectivity index (χ4v) is 7.18. The number of benzene rings is 2. The van der Waals surface area contributed by atoms with Crippen LogP contribution in [0.4, 0.5) is 17.6 Å². The second-order valence-electron chi connectivity index (χ2n) is 13.8. The zero-order valence-electron chi connectivity index (χ0n) is 30.7. The second-order valence-corrected chi connectivity index (χ2v) is 13.8. The quantitative estimate of drug-likeness (QED) is 0.0984. The van der Waals surface area contributed by atoms with Crippen LogP contribution in [0.25, 0.3) is 11.1 Å². The summed E-state index contributed by atoms with van der Waals surface area (Å²) in [6, 6.07) is 21.7. The molecule has 4 heterocycles. The third kappa shape index (κ3) is 9.41. The lowest BCUT2D eigenvalue weighted by Crippen LogP contribution is -2.22. The smallest absolute Gasteiger partial charge is 0.402 e. The normalized spacial score (nSPS) is 13.2. The number of primary amides is 1. The summed E-state index contributed by atoms with van der Waals surface area (Å²) < 4.78 is 72.4. The molecule has 0 spiro atoms. The number of ether oxygens (including phenoxy) is 2. The van der Waals surface area contributed by atoms with Gasteiger partial charge in [0.25, 0.3) is 5.91 Å². The molecular formula is C43H38F4N6O4. The topological polar surface area (TPSA) is 135 Å². The van der Waals surface area contributed by atoms with E-state index in [1.165, 1.54) is 29.2 Å². The minimum Gasteiger partial charge on any atom is -0.486 e. The number of ketones is 1. The Kier molecular flexibility index (Phi) is 11.8. The Morgan fingerprint density at radius 2 is 1.53 bits per heavy atom. The number of carbonyl (C=O) groups excluding carboxylic acids is 2. The second kappa shape index (κ2) is 17.2. The molecule has 1 atom stereocenters. The van der Waals surface area contributed by atoms with E-state index >= 15 is 8.78 Å². The molecule has 6 aromatic rings. The lowest BCUT2D eigenvalue weighted by molar-refractivity contribution is -0.259. The summed E-state index contributed by atoms with van der Waals surface area (Å²) in [5.74, 6) is -3.20. The van der Waals surface area contributed by atoms with Crippen LogP contribution in [0.3, 0.4) is 0 Å². The van der Waals surface area contributed by atoms with Gasteiger partial charge in [-0.15, -0.1) is 0 Å². The number of amides is 1. The van der Waals surface area contributed by atoms with Gasteiger partial charge in [-0.1, -0.05) is 24.3 Å². The van der Waals surface area contributed by atoms with Gasteiger partial charge in [-0.2, -0.15) is 13.9 Å². The highest BCUT2D eigenvalue weighted by atomic mass is 19.3. The van der Waals surface area contributed by atoms with Gasteiger partial charge >= 0.3 is 6.11 Å². The number of hydrogen-bond donors (Lipinski definition) is 1. The van der Waals surface area contributed by atoms with Crippen molar-refractivity contribution in [1.82, 2.24) is 24.7 Å². The average molecular weight is 779 g/mol. The number of halogens is 4. The third-order valence-corrected chi connectivity index (χ3v) is 9.75. The molecule has 0 fully saturated rings. The van der Waals surface area contributed by atoms with Crippen molar-refractivity contribution in [1.29, 1.82) is 0 Å². The summed E-state index contributed by atoms with van der Waals surface area (Å²) in [5, 5.41) is 4.26. The predicted molar refractivity (Wildman–Crippen MR) is 201 cm³/mol. The van der Waals surface area contributed by atoms with E-state index in [0.29, 0.717) is 58.7 Å². The van der Waals surface area contributed by atoms with E-state index in [0.717, 1.165) is 12.5 Å². The minimum absolute atomic E-state index is 0.000275. The third-order valence-electron chi connectivity index (χ3n) is 9.75. The van der Waals surface area contributed by atoms with Gasteiger partial charge in [0, 0.05) is 53.8 Å². The maximum absolute atomic E-state index is 15.6. The van der Waals surface area contributed by atoms with Gasteiger partial charge in [0.2, 0.25) is 0 Å². The van der Waals surface area contributed by atoms with E-state index in [-0.39, 0.29) is 48.7 Å². The largest absolute Gasteiger partial charge is 0.486 e. The molecule has 2 aromatic carbocycles. The lowest BCUT2D eigenvalue weighted by Gasteiger charge is -2.21. The van der Waals surface area contributed by atoms with Crippen molar-refractivity contribution in [3.05, 3.63) is 160 Å². The minimum atomic E-state index is -3.75. The molecule has 0 radical (unpaired) electrons. The molecule has 1 aliphatic carbocycles. The van der Waals surface area contributed by atoms with E-state index in [4.69, 9.17) is 15.2 Å². The van der Waals surface area contributed by atoms with Crippen molar-refractivity contribution in [3.63, 3.8) is 0 Å². The Bertz CT molecular complexity index is 2360. The summed E-state index contributed by atoms with van der Waals surface area (Å²) in [6.45, 7) is -0.683. The number of carbonyl (C=O) groups is 2. The van der Waals surface area contributed by atoms with Crippen molar-refractivity contribution < 1.29 is 36.6 Å². The van der Waals surface area contributed by atoms with Crippen molar-refractivity contribution in [2.75, 3.05) is 0 Å². The van der Waals surface area contributed by atoms with Gasteiger partial charge in [-0.3, -0.25) is 29.2 Å². The van der Waals surface area contributed by atoms with Crippen LogP contribution in [0.5, 0.6) is 5.75 Å². The van der Waals surface area contributed by atoms with Crippen LogP contribution < -0.4 is 10.5 Å². The number of alkyl halides is 2. The van der Waals surface area contributed by atoms with E-state index in [1.54, 1.807) is 66.9 Å². The van der Waals surface area contributed by atoms with Crippen LogP contribution in [0.15, 0.2) is 104 Å². The molecule has 0 bridgehead atoms. The standard InChI is InChI=1S/C43H38F4N6O4/c44-30-19-27(20-31(45)23-30)18-29(40-35(11-7-17-51-40)28-13-14-39(37(22-28)42(48)55)56-25-32-8-3-5-15-49-32)21-34(54)24-53-38-12-2-1-10-36(38)41(52-53)43(46,47)57-26-33-9-4-6-16-50-33/h3-9,11,13-17,19-20,22-23,29H,1-2,10,12,18,21,24-26H2,(H2,48,55)/t29-/m1/s1. The molecule has 0 saturated heterocycles. The first kappa shape index (κ1) is 39.0. The zero-order valence-corrected chi connectivity index (χ0v) is 30.7. The van der Waals surface area contributed by atoms with Gasteiger partial charge in [-0.25, -0.2) is 8.78 Å². The Hall–Kier alpha value is -6.28. The number of pyridine rings is 3. The lowest BCUT2D eigenvalue weighted by atomic mass is 9.86. The van der Waals surface area contributed by atoms with Crippen LogP contribution in [0, 0.1) is 11.6 Å². The molecule has 0 saturated carbocycles. The van der Waals surface area contributed by atoms with Crippen LogP contribution in [-0.4, -0.2) is 36.4 Å². The number of rotatable bonds is 16. The van der Waals surface area contributed by atoms with Gasteiger partial charge in [-0.05, 0) is 97.8 Å². The molecule has 7 rings (SSSR count). The molecule has 1 aliphatic rings. The fraction of sp³-hybridized carbons (Fsp3) is 0.256. The average Bonchev–Trinajstić information content (AvgIpc) is 3.58. The first-order valence-corrected chi connectivity index (χ1v) is 18.4. The zero-order chi connectivity index (χ0) is 39.9. The van der Waals surface area contributed by atoms with Crippen LogP contribution in [-0.2, 0) is 54.7 Å². The number of nitrogens with two attached hydrogens (primary N) is 1. The number of nitrogens with zero attached hydrogens (tertiary/aromatic N) is 5. The Morgan fingerprint density at radius 1 is 0.825 bits per heavy atom. The van der Waals surface area contributed by atoms with E-state index < -0.39 is 41.9 Å². The summed E-state index contributed by atoms with van der Waals surface area (Å²) in [4.78, 5) is 39.6. The SMILES string of the molecule is NC(=O)c1cc(-c2cccnc2[C@@H](CC(=O)Cn2nc(C(F)(F)OCc3ccccn3)c3c2CCCC3)Cc2cc(F)cc(F)c2)ccc1OCc1ccccn1. The summed E-state index contributed by atoms with van der Waals surface area (Å²) in [5.41, 5.74) is 8.97. The summed E-state index contributed by atoms with van der Waals surface area (Å²) in [7, 11) is 0. The van der Waals surface area contributed by atoms with E-state index in [1.807, 2.05) is 6.07 Å². The molecule has 14 heteroatoms. The van der Waals surface area contributed by atoms with Crippen molar-refractivity contribution in [2.24, 2.45) is 5.73 Å². The Morgan fingerprint density at radius 3 is 2.23 bits per heavy atom. The molecule has 2 N–H and O–H groups in total. The Labute approximate surface area is 325 Å². The summed E-state index contributed by atoms with van der Waals surface area (Å²) >= 11 is 0. The van der Waals surface area contributed by atoms with Gasteiger partial charge in [0.05, 0.1) is 35.8 Å². The van der Waals surface area contributed by atoms with E-state index in [2.05, 4.69) is 20.1 Å². The maximum Gasteiger partial charge on any atom is 0.402 e. The number of fused-ring (bicyclic) bond motifs is 1. The van der Waals surface area contributed by atoms with Gasteiger partial charge in [0.1, 0.15) is 24.0 Å². The molecular weight excluding hydrogens is 741 g/mol. The van der Waals surface area contributed by atoms with Gasteiger partial charge < -0.3 is 15.2 Å². The van der Waals surface area contributed by atoms with Crippen molar-refractivity contribution in [2.45, 2.75) is 70.3 Å². The fourth-order valence-electron chi connectivity index (χ4n) is 7.18.